The van der Waals surface area contributed by atoms with Gasteiger partial charge in [0.1, 0.15) is 11.4 Å². The van der Waals surface area contributed by atoms with Gasteiger partial charge in [-0.3, -0.25) is 13.9 Å². The monoisotopic (exact) mass is 465 g/mol. The van der Waals surface area contributed by atoms with E-state index in [0.717, 1.165) is 18.2 Å². The number of pyridine rings is 1. The molecule has 156 valence electrons. The zero-order valence-electron chi connectivity index (χ0n) is 14.4. The van der Waals surface area contributed by atoms with Crippen LogP contribution in [0.2, 0.25) is 5.02 Å². The van der Waals surface area contributed by atoms with E-state index in [4.69, 9.17) is 25.9 Å². The maximum Gasteiger partial charge on any atom is 0.469 e. The summed E-state index contributed by atoms with van der Waals surface area (Å²) in [5.41, 5.74) is -0.891. The van der Waals surface area contributed by atoms with Crippen molar-refractivity contribution in [2.45, 2.75) is 18.4 Å². The van der Waals surface area contributed by atoms with E-state index in [9.17, 15) is 22.9 Å². The summed E-state index contributed by atoms with van der Waals surface area (Å²) in [6, 6.07) is 3.09. The summed E-state index contributed by atoms with van der Waals surface area (Å²) in [6.45, 7) is 0.493. The smallest absolute Gasteiger partial charge is 0.469 e. The number of phosphoric ester groups is 1. The predicted molar refractivity (Wildman–Crippen MR) is 98.3 cm³/mol. The molecular formula is C14H13ClN3O9PS. The summed E-state index contributed by atoms with van der Waals surface area (Å²) in [5, 5.41) is 17.3. The van der Waals surface area contributed by atoms with E-state index in [2.05, 4.69) is 19.7 Å². The van der Waals surface area contributed by atoms with Gasteiger partial charge in [0.05, 0.1) is 27.8 Å². The fourth-order valence-corrected chi connectivity index (χ4v) is 3.02. The molecule has 12 nitrogen and oxygen atoms in total. The molecule has 0 aliphatic carbocycles. The van der Waals surface area contributed by atoms with Gasteiger partial charge in [-0.05, 0) is 25.1 Å². The van der Waals surface area contributed by atoms with Crippen LogP contribution in [0.1, 0.15) is 21.6 Å². The second-order valence-corrected chi connectivity index (χ2v) is 8.50. The second kappa shape index (κ2) is 8.63. The van der Waals surface area contributed by atoms with Crippen LogP contribution in [0.5, 0.6) is 5.75 Å². The molecule has 1 aromatic heterocycles. The quantitative estimate of drug-likeness (QED) is 0.204. The van der Waals surface area contributed by atoms with E-state index in [0.29, 0.717) is 0 Å². The summed E-state index contributed by atoms with van der Waals surface area (Å²) >= 11 is 5.91. The summed E-state index contributed by atoms with van der Waals surface area (Å²) in [5.74, 6) is -0.890. The Morgan fingerprint density at radius 2 is 1.97 bits per heavy atom. The van der Waals surface area contributed by atoms with Crippen molar-refractivity contribution >= 4 is 47.3 Å². The van der Waals surface area contributed by atoms with Gasteiger partial charge >= 0.3 is 7.82 Å². The Labute approximate surface area is 168 Å². The summed E-state index contributed by atoms with van der Waals surface area (Å²) in [6.07, 6.45) is 0.216. The lowest BCUT2D eigenvalue weighted by atomic mass is 10.1. The van der Waals surface area contributed by atoms with Crippen LogP contribution in [0.25, 0.3) is 0 Å². The van der Waals surface area contributed by atoms with Gasteiger partial charge in [0.25, 0.3) is 10.1 Å². The maximum absolute atomic E-state index is 11.3. The minimum absolute atomic E-state index is 0.0414. The van der Waals surface area contributed by atoms with E-state index in [1.807, 2.05) is 0 Å². The third-order valence-corrected chi connectivity index (χ3v) is 5.06. The summed E-state index contributed by atoms with van der Waals surface area (Å²) < 4.78 is 46.9. The highest BCUT2D eigenvalue weighted by Crippen LogP contribution is 2.40. The largest absolute Gasteiger partial charge is 0.505 e. The summed E-state index contributed by atoms with van der Waals surface area (Å²) in [7, 11) is -9.47. The van der Waals surface area contributed by atoms with E-state index in [-0.39, 0.29) is 39.6 Å². The molecule has 0 atom stereocenters. The molecule has 29 heavy (non-hydrogen) atoms. The van der Waals surface area contributed by atoms with Crippen molar-refractivity contribution in [1.82, 2.24) is 4.98 Å². The Bertz CT molecular complexity index is 1150. The fraction of sp³-hybridized carbons (Fsp3) is 0.143. The molecule has 2 rings (SSSR count). The fourth-order valence-electron chi connectivity index (χ4n) is 2.07. The third-order valence-electron chi connectivity index (χ3n) is 3.43. The Hall–Kier alpha value is -2.25. The van der Waals surface area contributed by atoms with Crippen LogP contribution in [-0.2, 0) is 25.8 Å². The molecule has 4 N–H and O–H groups in total. The molecular weight excluding hydrogens is 453 g/mol. The molecule has 0 saturated heterocycles. The SMILES string of the molecule is Cc1nc(N=Nc2cc(S(=O)(=O)O)ccc2Cl)c(COP(=O)(O)O)c(C=O)c1O. The highest BCUT2D eigenvalue weighted by Gasteiger charge is 2.22. The number of hydrogen-bond acceptors (Lipinski definition) is 9. The molecule has 1 aromatic carbocycles. The van der Waals surface area contributed by atoms with Gasteiger partial charge in [0.15, 0.2) is 12.1 Å². The lowest BCUT2D eigenvalue weighted by Crippen LogP contribution is -2.01. The number of nitrogens with zero attached hydrogens (tertiary/aromatic N) is 3. The van der Waals surface area contributed by atoms with Crippen molar-refractivity contribution < 1.29 is 41.7 Å². The number of phosphoric acid groups is 1. The highest BCUT2D eigenvalue weighted by molar-refractivity contribution is 7.85. The van der Waals surface area contributed by atoms with E-state index in [1.165, 1.54) is 6.92 Å². The zero-order valence-corrected chi connectivity index (χ0v) is 16.9. The molecule has 1 heterocycles. The van der Waals surface area contributed by atoms with Crippen LogP contribution in [0.3, 0.4) is 0 Å². The Morgan fingerprint density at radius 3 is 2.52 bits per heavy atom. The van der Waals surface area contributed by atoms with Crippen molar-refractivity contribution in [1.29, 1.82) is 0 Å². The number of rotatable bonds is 7. The van der Waals surface area contributed by atoms with Crippen LogP contribution < -0.4 is 0 Å². The Morgan fingerprint density at radius 1 is 1.31 bits per heavy atom. The number of halogens is 1. The van der Waals surface area contributed by atoms with Crippen LogP contribution in [0, 0.1) is 6.92 Å². The molecule has 0 aliphatic heterocycles. The highest BCUT2D eigenvalue weighted by atomic mass is 35.5. The minimum Gasteiger partial charge on any atom is -0.505 e. The molecule has 0 fully saturated rings. The van der Waals surface area contributed by atoms with Gasteiger partial charge in [-0.15, -0.1) is 10.2 Å². The topological polar surface area (TPSA) is 196 Å². The minimum atomic E-state index is -4.93. The van der Waals surface area contributed by atoms with Crippen molar-refractivity contribution in [3.8, 4) is 5.75 Å². The average Bonchev–Trinajstić information content (AvgIpc) is 2.60. The number of aryl methyl sites for hydroxylation is 1. The van der Waals surface area contributed by atoms with Crippen LogP contribution in [-0.4, -0.2) is 39.1 Å². The molecule has 2 aromatic rings. The molecule has 0 radical (unpaired) electrons. The van der Waals surface area contributed by atoms with Gasteiger partial charge in [-0.25, -0.2) is 9.55 Å². The van der Waals surface area contributed by atoms with Gasteiger partial charge in [0, 0.05) is 5.56 Å². The lowest BCUT2D eigenvalue weighted by Gasteiger charge is -2.12. The first-order valence-electron chi connectivity index (χ1n) is 7.40. The molecule has 0 unspecified atom stereocenters. The number of aromatic hydroxyl groups is 1. The lowest BCUT2D eigenvalue weighted by molar-refractivity contribution is 0.111. The first-order valence-corrected chi connectivity index (χ1v) is 10.7. The second-order valence-electron chi connectivity index (χ2n) is 5.43. The first-order chi connectivity index (χ1) is 13.3. The number of aldehydes is 1. The molecule has 0 aliphatic rings. The van der Waals surface area contributed by atoms with Gasteiger partial charge in [-0.1, -0.05) is 11.6 Å². The Balaban J connectivity index is 2.58. The number of azo groups is 1. The Kier molecular flexibility index (Phi) is 6.86. The number of carbonyl (C=O) groups excluding carboxylic acids is 1. The van der Waals surface area contributed by atoms with E-state index >= 15 is 0 Å². The van der Waals surface area contributed by atoms with Gasteiger partial charge in [-0.2, -0.15) is 8.42 Å². The van der Waals surface area contributed by atoms with E-state index in [1.54, 1.807) is 0 Å². The van der Waals surface area contributed by atoms with E-state index < -0.39 is 35.2 Å². The van der Waals surface area contributed by atoms with Crippen molar-refractivity contribution in [2.24, 2.45) is 10.2 Å². The van der Waals surface area contributed by atoms with Crippen LogP contribution in [0.4, 0.5) is 11.5 Å². The molecule has 0 spiro atoms. The molecule has 15 heteroatoms. The van der Waals surface area contributed by atoms with Crippen LogP contribution >= 0.6 is 19.4 Å². The molecule has 0 bridgehead atoms. The third kappa shape index (κ3) is 5.87. The predicted octanol–water partition coefficient (Wildman–Crippen LogP) is 2.83. The number of hydrogen-bond donors (Lipinski definition) is 4. The molecule has 0 saturated carbocycles. The number of carbonyl (C=O) groups is 1. The zero-order chi connectivity index (χ0) is 22.0. The normalized spacial score (nSPS) is 12.4. The standard InChI is InChI=1S/C14H13ClN3O9PS/c1-7-13(20)9(5-19)10(6-27-28(21,22)23)14(16-7)18-17-12-4-8(29(24,25)26)2-3-11(12)15/h2-5,20H,6H2,1H3,(H2,21,22,23)(H,24,25,26). The van der Waals surface area contributed by atoms with Crippen LogP contribution in [0.15, 0.2) is 33.3 Å². The van der Waals surface area contributed by atoms with Crippen molar-refractivity contribution in [3.63, 3.8) is 0 Å². The van der Waals surface area contributed by atoms with Gasteiger partial charge in [0.2, 0.25) is 0 Å². The average molecular weight is 466 g/mol. The maximum atomic E-state index is 11.3. The number of benzene rings is 1. The molecule has 0 amide bonds. The summed E-state index contributed by atoms with van der Waals surface area (Å²) in [4.78, 5) is 32.5. The van der Waals surface area contributed by atoms with Gasteiger partial charge < -0.3 is 14.9 Å². The number of aromatic nitrogens is 1. The van der Waals surface area contributed by atoms with Crippen molar-refractivity contribution in [3.05, 3.63) is 40.0 Å². The van der Waals surface area contributed by atoms with Crippen molar-refractivity contribution in [2.75, 3.05) is 0 Å². The first kappa shape index (κ1) is 23.0.